The molecule has 0 saturated heterocycles. The molecule has 1 atom stereocenters. The first kappa shape index (κ1) is 20.2. The molecule has 32 heavy (non-hydrogen) atoms. The Bertz CT molecular complexity index is 1250. The number of aromatic amines is 1. The van der Waals surface area contributed by atoms with Crippen molar-refractivity contribution >= 4 is 11.7 Å². The Morgan fingerprint density at radius 1 is 1.03 bits per heavy atom. The van der Waals surface area contributed by atoms with Gasteiger partial charge < -0.3 is 9.88 Å². The summed E-state index contributed by atoms with van der Waals surface area (Å²) in [5.74, 6) is 2.83. The Morgan fingerprint density at radius 3 is 2.53 bits per heavy atom. The van der Waals surface area contributed by atoms with Crippen molar-refractivity contribution in [2.75, 3.05) is 5.32 Å². The predicted octanol–water partition coefficient (Wildman–Crippen LogP) is 5.24. The molecule has 0 radical (unpaired) electrons. The largest absolute Gasteiger partial charge is 0.330 e. The number of nitrogens with zero attached hydrogens (tertiary/aromatic N) is 5. The zero-order chi connectivity index (χ0) is 22.1. The molecule has 2 aromatic heterocycles. The molecule has 0 spiro atoms. The van der Waals surface area contributed by atoms with Gasteiger partial charge in [-0.15, -0.1) is 5.10 Å². The molecule has 0 amide bonds. The average Bonchev–Trinajstić information content (AvgIpc) is 3.44. The summed E-state index contributed by atoms with van der Waals surface area (Å²) in [7, 11) is 0. The Balaban J connectivity index is 1.46. The van der Waals surface area contributed by atoms with Crippen molar-refractivity contribution in [2.45, 2.75) is 46.2 Å². The smallest absolute Gasteiger partial charge is 0.180 e. The molecule has 0 bridgehead atoms. The molecule has 2 N–H and O–H groups in total. The minimum Gasteiger partial charge on any atom is -0.330 e. The summed E-state index contributed by atoms with van der Waals surface area (Å²) < 4.78 is 2.41. The van der Waals surface area contributed by atoms with Crippen LogP contribution in [0.4, 0.5) is 5.82 Å². The maximum atomic E-state index is 4.70. The van der Waals surface area contributed by atoms with Crippen molar-refractivity contribution in [3.63, 3.8) is 0 Å². The third-order valence-corrected chi connectivity index (χ3v) is 5.99. The summed E-state index contributed by atoms with van der Waals surface area (Å²) in [6, 6.07) is 19.4. The molecule has 3 heterocycles. The molecular weight excluding hydrogens is 398 g/mol. The van der Waals surface area contributed by atoms with Gasteiger partial charge in [-0.1, -0.05) is 61.9 Å². The van der Waals surface area contributed by atoms with E-state index in [2.05, 4.69) is 80.8 Å². The van der Waals surface area contributed by atoms with Crippen LogP contribution in [0.5, 0.6) is 0 Å². The molecule has 1 aliphatic rings. The number of nitrogens with one attached hydrogen (secondary N) is 2. The molecule has 7 heteroatoms. The number of rotatable bonds is 6. The molecule has 5 rings (SSSR count). The first-order valence-corrected chi connectivity index (χ1v) is 11.1. The van der Waals surface area contributed by atoms with Crippen LogP contribution in [0.15, 0.2) is 59.6 Å². The number of anilines is 1. The number of benzene rings is 2. The third-order valence-electron chi connectivity index (χ3n) is 5.99. The summed E-state index contributed by atoms with van der Waals surface area (Å²) >= 11 is 0. The van der Waals surface area contributed by atoms with Gasteiger partial charge in [0.15, 0.2) is 5.82 Å². The van der Waals surface area contributed by atoms with Crippen LogP contribution in [-0.2, 0) is 13.0 Å². The van der Waals surface area contributed by atoms with Crippen LogP contribution >= 0.6 is 0 Å². The second-order valence-corrected chi connectivity index (χ2v) is 8.28. The Hall–Kier alpha value is -3.74. The van der Waals surface area contributed by atoms with E-state index in [0.29, 0.717) is 5.82 Å². The van der Waals surface area contributed by atoms with Crippen LogP contribution < -0.4 is 5.32 Å². The van der Waals surface area contributed by atoms with Crippen LogP contribution in [0.2, 0.25) is 0 Å². The normalized spacial score (nSPS) is 15.2. The number of fused-ring (bicyclic) bond motifs is 1. The van der Waals surface area contributed by atoms with Gasteiger partial charge in [0.1, 0.15) is 5.82 Å². The predicted molar refractivity (Wildman–Crippen MR) is 128 cm³/mol. The molecule has 2 aromatic carbocycles. The minimum atomic E-state index is 0.188. The van der Waals surface area contributed by atoms with Crippen molar-refractivity contribution in [3.8, 4) is 22.5 Å². The highest BCUT2D eigenvalue weighted by Gasteiger charge is 2.23. The highest BCUT2D eigenvalue weighted by molar-refractivity contribution is 5.95. The van der Waals surface area contributed by atoms with Gasteiger partial charge in [-0.3, -0.25) is 4.99 Å². The van der Waals surface area contributed by atoms with Crippen LogP contribution in [0.1, 0.15) is 50.1 Å². The van der Waals surface area contributed by atoms with Crippen molar-refractivity contribution in [2.24, 2.45) is 4.99 Å². The quantitative estimate of drug-likeness (QED) is 0.442. The highest BCUT2D eigenvalue weighted by Crippen LogP contribution is 2.35. The lowest BCUT2D eigenvalue weighted by atomic mass is 9.98. The van der Waals surface area contributed by atoms with Crippen LogP contribution in [0.25, 0.3) is 22.5 Å². The lowest BCUT2D eigenvalue weighted by Gasteiger charge is -2.21. The standard InChI is InChI=1S/C25H27N7/c1-4-7-20-14-23-16(2)26-17(3)27-25(23)32(20)15-18-10-12-19(13-11-18)21-8-5-6-9-22(21)24-28-30-31-29-24/h5-6,8-14,16H,4,7,15H2,1-3H3,(H,26,27)(H,28,29,30,31). The van der Waals surface area contributed by atoms with Gasteiger partial charge in [-0.05, 0) is 53.5 Å². The van der Waals surface area contributed by atoms with E-state index in [-0.39, 0.29) is 6.04 Å². The molecule has 0 saturated carbocycles. The minimum absolute atomic E-state index is 0.188. The number of tetrazole rings is 1. The number of amidine groups is 1. The number of aliphatic imine (C=N–C) groups is 1. The molecule has 4 aromatic rings. The molecule has 1 unspecified atom stereocenters. The Kier molecular flexibility index (Phi) is 5.31. The number of hydrogen-bond acceptors (Lipinski definition) is 5. The van der Waals surface area contributed by atoms with E-state index < -0.39 is 0 Å². The van der Waals surface area contributed by atoms with Gasteiger partial charge in [-0.25, -0.2) is 5.10 Å². The lowest BCUT2D eigenvalue weighted by molar-refractivity contribution is 0.727. The zero-order valence-corrected chi connectivity index (χ0v) is 18.6. The SMILES string of the molecule is CCCc1cc2c(n1Cc1ccc(-c3ccccc3-c3nnn[nH]3)cc1)NC(C)=NC2C. The summed E-state index contributed by atoms with van der Waals surface area (Å²) in [5.41, 5.74) is 7.13. The van der Waals surface area contributed by atoms with Gasteiger partial charge in [0.2, 0.25) is 0 Å². The fraction of sp³-hybridized carbons (Fsp3) is 0.280. The Labute approximate surface area is 187 Å². The summed E-state index contributed by atoms with van der Waals surface area (Å²) in [6.07, 6.45) is 2.17. The monoisotopic (exact) mass is 425 g/mol. The first-order chi connectivity index (χ1) is 15.6. The number of H-pyrrole nitrogens is 1. The molecule has 0 fully saturated rings. The van der Waals surface area contributed by atoms with Crippen LogP contribution in [0.3, 0.4) is 0 Å². The second-order valence-electron chi connectivity index (χ2n) is 8.28. The molecule has 162 valence electrons. The van der Waals surface area contributed by atoms with Gasteiger partial charge in [0, 0.05) is 23.4 Å². The van der Waals surface area contributed by atoms with Crippen molar-refractivity contribution < 1.29 is 0 Å². The van der Waals surface area contributed by atoms with Gasteiger partial charge in [0.25, 0.3) is 0 Å². The molecule has 0 aliphatic carbocycles. The van der Waals surface area contributed by atoms with E-state index in [9.17, 15) is 0 Å². The number of aryl methyl sites for hydroxylation is 1. The maximum absolute atomic E-state index is 4.70. The van der Waals surface area contributed by atoms with Crippen molar-refractivity contribution in [3.05, 3.63) is 71.4 Å². The van der Waals surface area contributed by atoms with E-state index in [4.69, 9.17) is 4.99 Å². The highest BCUT2D eigenvalue weighted by atomic mass is 15.5. The van der Waals surface area contributed by atoms with Crippen LogP contribution in [-0.4, -0.2) is 31.0 Å². The van der Waals surface area contributed by atoms with E-state index in [1.54, 1.807) is 0 Å². The van der Waals surface area contributed by atoms with Gasteiger partial charge >= 0.3 is 0 Å². The summed E-state index contributed by atoms with van der Waals surface area (Å²) in [4.78, 5) is 4.70. The van der Waals surface area contributed by atoms with E-state index in [1.165, 1.54) is 22.6 Å². The molecule has 7 nitrogen and oxygen atoms in total. The number of hydrogen-bond donors (Lipinski definition) is 2. The molecule has 1 aliphatic heterocycles. The van der Waals surface area contributed by atoms with E-state index in [0.717, 1.165) is 41.9 Å². The maximum Gasteiger partial charge on any atom is 0.180 e. The van der Waals surface area contributed by atoms with Gasteiger partial charge in [-0.2, -0.15) is 0 Å². The Morgan fingerprint density at radius 2 is 1.81 bits per heavy atom. The topological polar surface area (TPSA) is 83.8 Å². The molecular formula is C25H27N7. The zero-order valence-electron chi connectivity index (χ0n) is 18.6. The summed E-state index contributed by atoms with van der Waals surface area (Å²) in [6.45, 7) is 7.25. The van der Waals surface area contributed by atoms with Crippen LogP contribution in [0, 0.1) is 0 Å². The fourth-order valence-corrected chi connectivity index (χ4v) is 4.48. The summed E-state index contributed by atoms with van der Waals surface area (Å²) in [5, 5.41) is 17.9. The average molecular weight is 426 g/mol. The van der Waals surface area contributed by atoms with E-state index in [1.807, 2.05) is 25.1 Å². The second kappa shape index (κ2) is 8.42. The number of aromatic nitrogens is 5. The first-order valence-electron chi connectivity index (χ1n) is 11.1. The van der Waals surface area contributed by atoms with Crippen molar-refractivity contribution in [1.82, 2.24) is 25.2 Å². The van der Waals surface area contributed by atoms with Gasteiger partial charge in [0.05, 0.1) is 11.9 Å². The third kappa shape index (κ3) is 3.70. The van der Waals surface area contributed by atoms with E-state index >= 15 is 0 Å². The lowest BCUT2D eigenvalue weighted by Crippen LogP contribution is -2.19. The fourth-order valence-electron chi connectivity index (χ4n) is 4.48. The van der Waals surface area contributed by atoms with Crippen molar-refractivity contribution in [1.29, 1.82) is 0 Å².